The molecule has 1 atom stereocenters. The van der Waals surface area contributed by atoms with Crippen LogP contribution >= 0.6 is 0 Å². The van der Waals surface area contributed by atoms with Crippen LogP contribution in [0.25, 0.3) is 0 Å². The van der Waals surface area contributed by atoms with Gasteiger partial charge in [0.15, 0.2) is 0 Å². The highest BCUT2D eigenvalue weighted by atomic mass is 15.4. The van der Waals surface area contributed by atoms with E-state index < -0.39 is 0 Å². The number of hydrogen-bond donors (Lipinski definition) is 0. The molecule has 3 aromatic rings. The topological polar surface area (TPSA) is 30.7 Å². The molecule has 0 aliphatic carbocycles. The Bertz CT molecular complexity index is 744. The maximum Gasteiger partial charge on any atom is 0.0833 e. The zero-order chi connectivity index (χ0) is 16.8. The Kier molecular flexibility index (Phi) is 5.42. The number of rotatable bonds is 7. The van der Waals surface area contributed by atoms with Gasteiger partial charge in [-0.3, -0.25) is 0 Å². The number of nitrogens with zero attached hydrogens (tertiary/aromatic N) is 3. The minimum atomic E-state index is 0.447. The Hall–Kier alpha value is -2.42. The van der Waals surface area contributed by atoms with Crippen molar-refractivity contribution in [2.45, 2.75) is 45.6 Å². The zero-order valence-electron chi connectivity index (χ0n) is 14.5. The SMILES string of the molecule is CCCc1ccc(C(C)Cc2cn(Cc3ccccc3)nn2)cc1. The molecule has 1 aromatic heterocycles. The van der Waals surface area contributed by atoms with Gasteiger partial charge < -0.3 is 0 Å². The first-order chi connectivity index (χ1) is 11.7. The molecule has 0 aliphatic heterocycles. The molecule has 3 nitrogen and oxygen atoms in total. The van der Waals surface area contributed by atoms with Crippen LogP contribution in [0.15, 0.2) is 60.8 Å². The monoisotopic (exact) mass is 319 g/mol. The van der Waals surface area contributed by atoms with E-state index in [2.05, 4.69) is 78.9 Å². The summed E-state index contributed by atoms with van der Waals surface area (Å²) in [4.78, 5) is 0. The Labute approximate surface area is 144 Å². The van der Waals surface area contributed by atoms with Crippen molar-refractivity contribution in [1.29, 1.82) is 0 Å². The van der Waals surface area contributed by atoms with Crippen molar-refractivity contribution >= 4 is 0 Å². The van der Waals surface area contributed by atoms with Crippen molar-refractivity contribution in [2.75, 3.05) is 0 Å². The molecule has 1 unspecified atom stereocenters. The molecule has 2 aromatic carbocycles. The molecule has 124 valence electrons. The third-order valence-corrected chi connectivity index (χ3v) is 4.38. The van der Waals surface area contributed by atoms with Gasteiger partial charge in [-0.15, -0.1) is 5.10 Å². The molecule has 0 spiro atoms. The van der Waals surface area contributed by atoms with Gasteiger partial charge in [0.25, 0.3) is 0 Å². The molecule has 0 amide bonds. The van der Waals surface area contributed by atoms with E-state index >= 15 is 0 Å². The summed E-state index contributed by atoms with van der Waals surface area (Å²) in [5, 5.41) is 8.60. The van der Waals surface area contributed by atoms with E-state index in [1.54, 1.807) is 0 Å². The lowest BCUT2D eigenvalue weighted by atomic mass is 9.95. The van der Waals surface area contributed by atoms with E-state index in [4.69, 9.17) is 0 Å². The van der Waals surface area contributed by atoms with E-state index in [0.29, 0.717) is 5.92 Å². The fourth-order valence-electron chi connectivity index (χ4n) is 3.01. The average Bonchev–Trinajstić information content (AvgIpc) is 3.03. The maximum atomic E-state index is 4.34. The number of hydrogen-bond acceptors (Lipinski definition) is 2. The van der Waals surface area contributed by atoms with Gasteiger partial charge in [0.1, 0.15) is 0 Å². The highest BCUT2D eigenvalue weighted by Crippen LogP contribution is 2.20. The smallest absolute Gasteiger partial charge is 0.0833 e. The van der Waals surface area contributed by atoms with Crippen LogP contribution in [0.2, 0.25) is 0 Å². The average molecular weight is 319 g/mol. The summed E-state index contributed by atoms with van der Waals surface area (Å²) < 4.78 is 1.92. The van der Waals surface area contributed by atoms with Gasteiger partial charge in [-0.2, -0.15) is 0 Å². The molecule has 0 fully saturated rings. The normalized spacial score (nSPS) is 12.2. The molecule has 24 heavy (non-hydrogen) atoms. The quantitative estimate of drug-likeness (QED) is 0.636. The van der Waals surface area contributed by atoms with Gasteiger partial charge in [-0.1, -0.05) is 80.1 Å². The minimum absolute atomic E-state index is 0.447. The van der Waals surface area contributed by atoms with Gasteiger partial charge in [-0.25, -0.2) is 4.68 Å². The summed E-state index contributed by atoms with van der Waals surface area (Å²) in [6.45, 7) is 5.24. The van der Waals surface area contributed by atoms with Crippen LogP contribution in [0, 0.1) is 0 Å². The summed E-state index contributed by atoms with van der Waals surface area (Å²) in [6, 6.07) is 19.4. The van der Waals surface area contributed by atoms with E-state index in [0.717, 1.165) is 25.1 Å². The van der Waals surface area contributed by atoms with Crippen LogP contribution in [0.3, 0.4) is 0 Å². The van der Waals surface area contributed by atoms with Gasteiger partial charge in [-0.05, 0) is 35.4 Å². The molecule has 0 aliphatic rings. The Balaban J connectivity index is 1.61. The summed E-state index contributed by atoms with van der Waals surface area (Å²) in [5.74, 6) is 0.447. The molecular weight excluding hydrogens is 294 g/mol. The zero-order valence-corrected chi connectivity index (χ0v) is 14.5. The third-order valence-electron chi connectivity index (χ3n) is 4.38. The van der Waals surface area contributed by atoms with Gasteiger partial charge in [0, 0.05) is 6.20 Å². The van der Waals surface area contributed by atoms with Crippen LogP contribution in [0.4, 0.5) is 0 Å². The predicted octanol–water partition coefficient (Wildman–Crippen LogP) is 4.63. The summed E-state index contributed by atoms with van der Waals surface area (Å²) >= 11 is 0. The largest absolute Gasteiger partial charge is 0.248 e. The van der Waals surface area contributed by atoms with Crippen molar-refractivity contribution in [3.05, 3.63) is 83.2 Å². The van der Waals surface area contributed by atoms with Crippen molar-refractivity contribution in [3.63, 3.8) is 0 Å². The highest BCUT2D eigenvalue weighted by Gasteiger charge is 2.10. The Morgan fingerprint density at radius 1 is 0.958 bits per heavy atom. The fourth-order valence-corrected chi connectivity index (χ4v) is 3.01. The van der Waals surface area contributed by atoms with E-state index in [9.17, 15) is 0 Å². The van der Waals surface area contributed by atoms with E-state index in [1.807, 2.05) is 10.7 Å². The fraction of sp³-hybridized carbons (Fsp3) is 0.333. The Morgan fingerprint density at radius 2 is 1.71 bits per heavy atom. The molecule has 0 saturated heterocycles. The number of aromatic nitrogens is 3. The molecule has 0 bridgehead atoms. The summed E-state index contributed by atoms with van der Waals surface area (Å²) in [6.07, 6.45) is 5.33. The molecule has 0 saturated carbocycles. The van der Waals surface area contributed by atoms with Crippen LogP contribution in [0.5, 0.6) is 0 Å². The molecule has 1 heterocycles. The first-order valence-corrected chi connectivity index (χ1v) is 8.76. The highest BCUT2D eigenvalue weighted by molar-refractivity contribution is 5.26. The van der Waals surface area contributed by atoms with Crippen LogP contribution < -0.4 is 0 Å². The van der Waals surface area contributed by atoms with Crippen molar-refractivity contribution in [2.24, 2.45) is 0 Å². The lowest BCUT2D eigenvalue weighted by molar-refractivity contribution is 0.648. The Morgan fingerprint density at radius 3 is 2.42 bits per heavy atom. The molecule has 0 radical (unpaired) electrons. The number of aryl methyl sites for hydroxylation is 1. The van der Waals surface area contributed by atoms with Crippen molar-refractivity contribution in [3.8, 4) is 0 Å². The number of benzene rings is 2. The second kappa shape index (κ2) is 7.91. The van der Waals surface area contributed by atoms with Crippen LogP contribution in [-0.4, -0.2) is 15.0 Å². The standard InChI is InChI=1S/C21H25N3/c1-3-7-18-10-12-20(13-11-18)17(2)14-21-16-24(23-22-21)15-19-8-5-4-6-9-19/h4-6,8-13,16-17H,3,7,14-15H2,1-2H3. The molecule has 0 N–H and O–H groups in total. The van der Waals surface area contributed by atoms with Gasteiger partial charge in [0.05, 0.1) is 12.2 Å². The molecule has 3 heteroatoms. The molecule has 3 rings (SSSR count). The van der Waals surface area contributed by atoms with Crippen molar-refractivity contribution in [1.82, 2.24) is 15.0 Å². The second-order valence-corrected chi connectivity index (χ2v) is 6.49. The third kappa shape index (κ3) is 4.31. The second-order valence-electron chi connectivity index (χ2n) is 6.49. The first kappa shape index (κ1) is 16.4. The predicted molar refractivity (Wildman–Crippen MR) is 98.1 cm³/mol. The van der Waals surface area contributed by atoms with E-state index in [-0.39, 0.29) is 0 Å². The van der Waals surface area contributed by atoms with Crippen LogP contribution in [0.1, 0.15) is 48.6 Å². The lowest BCUT2D eigenvalue weighted by Crippen LogP contribution is -2.00. The van der Waals surface area contributed by atoms with Crippen molar-refractivity contribution < 1.29 is 0 Å². The summed E-state index contributed by atoms with van der Waals surface area (Å²) in [5.41, 5.74) is 5.08. The van der Waals surface area contributed by atoms with Gasteiger partial charge >= 0.3 is 0 Å². The summed E-state index contributed by atoms with van der Waals surface area (Å²) in [7, 11) is 0. The van der Waals surface area contributed by atoms with E-state index in [1.165, 1.54) is 23.1 Å². The first-order valence-electron chi connectivity index (χ1n) is 8.76. The maximum absolute atomic E-state index is 4.34. The molecular formula is C21H25N3. The lowest BCUT2D eigenvalue weighted by Gasteiger charge is -2.10. The van der Waals surface area contributed by atoms with Gasteiger partial charge in [0.2, 0.25) is 0 Å². The van der Waals surface area contributed by atoms with Crippen LogP contribution in [-0.2, 0) is 19.4 Å². The minimum Gasteiger partial charge on any atom is -0.248 e.